The third-order valence-electron chi connectivity index (χ3n) is 2.66. The van der Waals surface area contributed by atoms with Gasteiger partial charge in [-0.2, -0.15) is 0 Å². The first-order chi connectivity index (χ1) is 9.60. The zero-order valence-corrected chi connectivity index (χ0v) is 12.8. The van der Waals surface area contributed by atoms with Crippen molar-refractivity contribution in [2.75, 3.05) is 5.32 Å². The van der Waals surface area contributed by atoms with E-state index in [-0.39, 0.29) is 11.2 Å². The van der Waals surface area contributed by atoms with Gasteiger partial charge in [0.15, 0.2) is 5.16 Å². The molecule has 2 aromatic rings. The summed E-state index contributed by atoms with van der Waals surface area (Å²) in [4.78, 5) is 12.1. The second kappa shape index (κ2) is 6.76. The van der Waals surface area contributed by atoms with Gasteiger partial charge in [-0.25, -0.2) is 0 Å². The molecule has 7 heteroatoms. The number of rotatable bonds is 5. The van der Waals surface area contributed by atoms with E-state index in [1.54, 1.807) is 30.6 Å². The molecule has 0 aliphatic heterocycles. The van der Waals surface area contributed by atoms with Crippen molar-refractivity contribution in [2.24, 2.45) is 0 Å². The van der Waals surface area contributed by atoms with Crippen LogP contribution in [0.15, 0.2) is 35.7 Å². The van der Waals surface area contributed by atoms with E-state index in [1.165, 1.54) is 11.8 Å². The molecule has 106 valence electrons. The van der Waals surface area contributed by atoms with E-state index in [0.717, 1.165) is 11.7 Å². The first-order valence-electron chi connectivity index (χ1n) is 6.21. The number of halogens is 1. The summed E-state index contributed by atoms with van der Waals surface area (Å²) in [6.45, 7) is 4.61. The SMILES string of the molecule is CCn1cnnc1S[C@@H](C)C(=O)Nc1cccc(Cl)c1. The Labute approximate surface area is 126 Å². The van der Waals surface area contributed by atoms with E-state index in [9.17, 15) is 4.79 Å². The highest BCUT2D eigenvalue weighted by Crippen LogP contribution is 2.22. The molecular weight excluding hydrogens is 296 g/mol. The zero-order valence-electron chi connectivity index (χ0n) is 11.2. The first-order valence-corrected chi connectivity index (χ1v) is 7.46. The molecule has 1 atom stereocenters. The van der Waals surface area contributed by atoms with Crippen LogP contribution in [0.25, 0.3) is 0 Å². The second-order valence-corrected chi connectivity index (χ2v) is 5.90. The zero-order chi connectivity index (χ0) is 14.5. The number of carbonyl (C=O) groups is 1. The minimum atomic E-state index is -0.275. The fraction of sp³-hybridized carbons (Fsp3) is 0.308. The van der Waals surface area contributed by atoms with Crippen molar-refractivity contribution in [3.05, 3.63) is 35.6 Å². The maximum absolute atomic E-state index is 12.1. The van der Waals surface area contributed by atoms with Crippen LogP contribution in [-0.2, 0) is 11.3 Å². The van der Waals surface area contributed by atoms with E-state index in [0.29, 0.717) is 10.7 Å². The van der Waals surface area contributed by atoms with Gasteiger partial charge < -0.3 is 9.88 Å². The number of benzene rings is 1. The summed E-state index contributed by atoms with van der Waals surface area (Å²) < 4.78 is 1.90. The molecule has 0 aliphatic carbocycles. The van der Waals surface area contributed by atoms with Crippen LogP contribution in [0.5, 0.6) is 0 Å². The number of nitrogens with zero attached hydrogens (tertiary/aromatic N) is 3. The number of amides is 1. The second-order valence-electron chi connectivity index (χ2n) is 4.16. The predicted molar refractivity (Wildman–Crippen MR) is 81.1 cm³/mol. The molecule has 2 rings (SSSR count). The summed E-state index contributed by atoms with van der Waals surface area (Å²) >= 11 is 7.26. The average molecular weight is 311 g/mol. The number of aromatic nitrogens is 3. The minimum Gasteiger partial charge on any atom is -0.325 e. The van der Waals surface area contributed by atoms with Crippen LogP contribution in [-0.4, -0.2) is 25.9 Å². The van der Waals surface area contributed by atoms with Crippen molar-refractivity contribution in [1.82, 2.24) is 14.8 Å². The molecule has 1 aromatic carbocycles. The summed E-state index contributed by atoms with van der Waals surface area (Å²) in [5.41, 5.74) is 0.687. The monoisotopic (exact) mass is 310 g/mol. The van der Waals surface area contributed by atoms with Crippen molar-refractivity contribution in [3.8, 4) is 0 Å². The highest BCUT2D eigenvalue weighted by atomic mass is 35.5. The number of anilines is 1. The van der Waals surface area contributed by atoms with Crippen molar-refractivity contribution >= 4 is 35.0 Å². The average Bonchev–Trinajstić information content (AvgIpc) is 2.85. The highest BCUT2D eigenvalue weighted by molar-refractivity contribution is 8.00. The quantitative estimate of drug-likeness (QED) is 0.862. The lowest BCUT2D eigenvalue weighted by atomic mass is 10.3. The molecule has 0 spiro atoms. The number of hydrogen-bond donors (Lipinski definition) is 1. The maximum atomic E-state index is 12.1. The molecule has 20 heavy (non-hydrogen) atoms. The van der Waals surface area contributed by atoms with Crippen LogP contribution in [0.2, 0.25) is 5.02 Å². The van der Waals surface area contributed by atoms with Gasteiger partial charge >= 0.3 is 0 Å². The Morgan fingerprint density at radius 1 is 1.55 bits per heavy atom. The molecule has 1 amide bonds. The Balaban J connectivity index is 1.99. The molecule has 5 nitrogen and oxygen atoms in total. The standard InChI is InChI=1S/C13H15ClN4OS/c1-3-18-8-15-17-13(18)20-9(2)12(19)16-11-6-4-5-10(14)7-11/h4-9H,3H2,1-2H3,(H,16,19)/t9-/m0/s1. The van der Waals surface area contributed by atoms with Gasteiger partial charge in [-0.3, -0.25) is 4.79 Å². The normalized spacial score (nSPS) is 12.2. The van der Waals surface area contributed by atoms with Gasteiger partial charge in [0, 0.05) is 17.3 Å². The minimum absolute atomic E-state index is 0.0945. The largest absolute Gasteiger partial charge is 0.325 e. The van der Waals surface area contributed by atoms with Crippen LogP contribution in [0.4, 0.5) is 5.69 Å². The van der Waals surface area contributed by atoms with Gasteiger partial charge in [0.05, 0.1) is 5.25 Å². The maximum Gasteiger partial charge on any atom is 0.237 e. The van der Waals surface area contributed by atoms with Crippen LogP contribution >= 0.6 is 23.4 Å². The van der Waals surface area contributed by atoms with Crippen LogP contribution in [0.3, 0.4) is 0 Å². The van der Waals surface area contributed by atoms with E-state index in [2.05, 4.69) is 15.5 Å². The topological polar surface area (TPSA) is 59.8 Å². The summed E-state index contributed by atoms with van der Waals surface area (Å²) in [6, 6.07) is 7.07. The number of hydrogen-bond acceptors (Lipinski definition) is 4. The Morgan fingerprint density at radius 2 is 2.35 bits per heavy atom. The van der Waals surface area contributed by atoms with Crippen molar-refractivity contribution in [2.45, 2.75) is 30.8 Å². The van der Waals surface area contributed by atoms with Crippen molar-refractivity contribution < 1.29 is 4.79 Å². The van der Waals surface area contributed by atoms with Crippen LogP contribution < -0.4 is 5.32 Å². The van der Waals surface area contributed by atoms with Gasteiger partial charge in [-0.15, -0.1) is 10.2 Å². The number of nitrogens with one attached hydrogen (secondary N) is 1. The smallest absolute Gasteiger partial charge is 0.237 e. The van der Waals surface area contributed by atoms with Gasteiger partial charge in [0.25, 0.3) is 0 Å². The third kappa shape index (κ3) is 3.74. The van der Waals surface area contributed by atoms with Gasteiger partial charge in [0.1, 0.15) is 6.33 Å². The summed E-state index contributed by atoms with van der Waals surface area (Å²) in [5, 5.41) is 11.7. The lowest BCUT2D eigenvalue weighted by Gasteiger charge is -2.12. The Morgan fingerprint density at radius 3 is 3.05 bits per heavy atom. The van der Waals surface area contributed by atoms with Crippen molar-refractivity contribution in [3.63, 3.8) is 0 Å². The fourth-order valence-corrected chi connectivity index (χ4v) is 2.65. The number of aryl methyl sites for hydroxylation is 1. The van der Waals surface area contributed by atoms with Crippen molar-refractivity contribution in [1.29, 1.82) is 0 Å². The molecule has 0 saturated carbocycles. The molecule has 0 radical (unpaired) electrons. The Kier molecular flexibility index (Phi) is 5.03. The summed E-state index contributed by atoms with van der Waals surface area (Å²) in [6.07, 6.45) is 1.66. The molecule has 0 unspecified atom stereocenters. The summed E-state index contributed by atoms with van der Waals surface area (Å²) in [7, 11) is 0. The van der Waals surface area contributed by atoms with Gasteiger partial charge in [0.2, 0.25) is 5.91 Å². The van der Waals surface area contributed by atoms with E-state index in [1.807, 2.05) is 18.4 Å². The van der Waals surface area contributed by atoms with E-state index >= 15 is 0 Å². The molecular formula is C13H15ClN4OS. The van der Waals surface area contributed by atoms with E-state index < -0.39 is 0 Å². The lowest BCUT2D eigenvalue weighted by Crippen LogP contribution is -2.22. The Hall–Kier alpha value is -1.53. The highest BCUT2D eigenvalue weighted by Gasteiger charge is 2.17. The van der Waals surface area contributed by atoms with Gasteiger partial charge in [-0.05, 0) is 32.0 Å². The number of carbonyl (C=O) groups excluding carboxylic acids is 1. The summed E-state index contributed by atoms with van der Waals surface area (Å²) in [5.74, 6) is -0.0945. The fourth-order valence-electron chi connectivity index (χ4n) is 1.57. The van der Waals surface area contributed by atoms with Crippen LogP contribution in [0, 0.1) is 0 Å². The first kappa shape index (κ1) is 14.9. The lowest BCUT2D eigenvalue weighted by molar-refractivity contribution is -0.115. The van der Waals surface area contributed by atoms with Crippen LogP contribution in [0.1, 0.15) is 13.8 Å². The third-order valence-corrected chi connectivity index (χ3v) is 3.99. The predicted octanol–water partition coefficient (Wildman–Crippen LogP) is 3.07. The molecule has 0 bridgehead atoms. The molecule has 0 aliphatic rings. The molecule has 1 N–H and O–H groups in total. The molecule has 1 heterocycles. The molecule has 0 saturated heterocycles. The number of thioether (sulfide) groups is 1. The van der Waals surface area contributed by atoms with Gasteiger partial charge in [-0.1, -0.05) is 29.4 Å². The Bertz CT molecular complexity index is 602. The molecule has 0 fully saturated rings. The van der Waals surface area contributed by atoms with E-state index in [4.69, 9.17) is 11.6 Å². The molecule has 1 aromatic heterocycles.